The Kier molecular flexibility index (Phi) is 5.55. The zero-order valence-corrected chi connectivity index (χ0v) is 15.0. The fraction of sp³-hybridized carbons (Fsp3) is 0.471. The minimum Gasteiger partial charge on any atom is -0.365 e. The molecule has 0 spiro atoms. The first kappa shape index (κ1) is 17.7. The largest absolute Gasteiger partial charge is 0.365 e. The van der Waals surface area contributed by atoms with Crippen LogP contribution >= 0.6 is 11.6 Å². The first-order chi connectivity index (χ1) is 12.1. The van der Waals surface area contributed by atoms with Gasteiger partial charge in [-0.05, 0) is 25.5 Å². The number of hydrogen-bond acceptors (Lipinski definition) is 5. The van der Waals surface area contributed by atoms with E-state index in [1.165, 1.54) is 11.6 Å². The van der Waals surface area contributed by atoms with E-state index in [4.69, 9.17) is 11.6 Å². The van der Waals surface area contributed by atoms with Crippen LogP contribution in [0.3, 0.4) is 0 Å². The molecule has 2 heterocycles. The van der Waals surface area contributed by atoms with E-state index >= 15 is 0 Å². The summed E-state index contributed by atoms with van der Waals surface area (Å²) in [5.41, 5.74) is 1.92. The molecule has 1 saturated heterocycles. The lowest BCUT2D eigenvalue weighted by Crippen LogP contribution is -2.30. The topological polar surface area (TPSA) is 67.4 Å². The van der Waals surface area contributed by atoms with Gasteiger partial charge in [-0.1, -0.05) is 11.6 Å². The number of rotatable bonds is 5. The van der Waals surface area contributed by atoms with Gasteiger partial charge in [-0.15, -0.1) is 0 Å². The molecular formula is C17H22ClN5O2. The number of nitro groups is 1. The van der Waals surface area contributed by atoms with Crippen molar-refractivity contribution in [3.8, 4) is 0 Å². The molecule has 25 heavy (non-hydrogen) atoms. The van der Waals surface area contributed by atoms with Crippen molar-refractivity contribution in [2.45, 2.75) is 26.4 Å². The van der Waals surface area contributed by atoms with Crippen molar-refractivity contribution >= 4 is 23.0 Å². The maximum Gasteiger partial charge on any atom is 0.294 e. The average Bonchev–Trinajstić information content (AvgIpc) is 2.92. The number of aromatic nitrogens is 2. The van der Waals surface area contributed by atoms with E-state index in [0.717, 1.165) is 45.7 Å². The number of anilines is 1. The number of benzene rings is 1. The monoisotopic (exact) mass is 363 g/mol. The number of halogens is 1. The van der Waals surface area contributed by atoms with E-state index in [9.17, 15) is 10.1 Å². The molecule has 1 aromatic heterocycles. The Morgan fingerprint density at radius 2 is 2.12 bits per heavy atom. The zero-order valence-electron chi connectivity index (χ0n) is 14.3. The summed E-state index contributed by atoms with van der Waals surface area (Å²) in [6, 6.07) is 4.89. The SMILES string of the molecule is CCn1cc(CN2CCCN(c3ccc(Cl)cc3[N+](=O)[O-])CC2)cn1. The lowest BCUT2D eigenvalue weighted by Gasteiger charge is -2.23. The van der Waals surface area contributed by atoms with Gasteiger partial charge in [-0.2, -0.15) is 5.10 Å². The highest BCUT2D eigenvalue weighted by Crippen LogP contribution is 2.31. The highest BCUT2D eigenvalue weighted by molar-refractivity contribution is 6.30. The van der Waals surface area contributed by atoms with Crippen molar-refractivity contribution < 1.29 is 4.92 Å². The second-order valence-electron chi connectivity index (χ2n) is 6.21. The van der Waals surface area contributed by atoms with Gasteiger partial charge in [0.1, 0.15) is 5.69 Å². The molecule has 0 amide bonds. The molecule has 0 saturated carbocycles. The van der Waals surface area contributed by atoms with E-state index in [1.807, 2.05) is 10.9 Å². The highest BCUT2D eigenvalue weighted by Gasteiger charge is 2.22. The molecule has 3 rings (SSSR count). The molecule has 0 atom stereocenters. The van der Waals surface area contributed by atoms with Crippen LogP contribution in [0.1, 0.15) is 18.9 Å². The van der Waals surface area contributed by atoms with E-state index in [2.05, 4.69) is 28.0 Å². The standard InChI is InChI=1S/C17H22ClN5O2/c1-2-22-13-14(11-19-22)12-20-6-3-7-21(9-8-20)16-5-4-15(18)10-17(16)23(24)25/h4-5,10-11,13H,2-3,6-9,12H2,1H3. The van der Waals surface area contributed by atoms with Crippen LogP contribution in [0.2, 0.25) is 5.02 Å². The van der Waals surface area contributed by atoms with Crippen LogP contribution in [0.15, 0.2) is 30.6 Å². The second kappa shape index (κ2) is 7.84. The Bertz CT molecular complexity index is 748. The molecule has 0 unspecified atom stereocenters. The van der Waals surface area contributed by atoms with E-state index < -0.39 is 0 Å². The van der Waals surface area contributed by atoms with Crippen LogP contribution < -0.4 is 4.90 Å². The van der Waals surface area contributed by atoms with Gasteiger partial charge in [0.15, 0.2) is 0 Å². The van der Waals surface area contributed by atoms with E-state index in [0.29, 0.717) is 10.7 Å². The van der Waals surface area contributed by atoms with Crippen LogP contribution in [0, 0.1) is 10.1 Å². The number of nitrogens with zero attached hydrogens (tertiary/aromatic N) is 5. The van der Waals surface area contributed by atoms with Crippen LogP contribution in [0.5, 0.6) is 0 Å². The normalized spacial score (nSPS) is 16.0. The average molecular weight is 364 g/mol. The van der Waals surface area contributed by atoms with Gasteiger partial charge >= 0.3 is 0 Å². The van der Waals surface area contributed by atoms with Crippen molar-refractivity contribution in [3.63, 3.8) is 0 Å². The minimum atomic E-state index is -0.358. The van der Waals surface area contributed by atoms with Crippen molar-refractivity contribution in [1.82, 2.24) is 14.7 Å². The van der Waals surface area contributed by atoms with Crippen molar-refractivity contribution in [1.29, 1.82) is 0 Å². The summed E-state index contributed by atoms with van der Waals surface area (Å²) in [5, 5.41) is 16.0. The molecule has 0 N–H and O–H groups in total. The third-order valence-electron chi connectivity index (χ3n) is 4.48. The van der Waals surface area contributed by atoms with Gasteiger partial charge in [0.2, 0.25) is 0 Å². The van der Waals surface area contributed by atoms with Gasteiger partial charge < -0.3 is 4.90 Å². The third kappa shape index (κ3) is 4.29. The van der Waals surface area contributed by atoms with Gasteiger partial charge in [0.05, 0.1) is 11.1 Å². The highest BCUT2D eigenvalue weighted by atomic mass is 35.5. The van der Waals surface area contributed by atoms with Crippen molar-refractivity contribution in [3.05, 3.63) is 51.3 Å². The summed E-state index contributed by atoms with van der Waals surface area (Å²) >= 11 is 5.92. The predicted molar refractivity (Wildman–Crippen MR) is 98.1 cm³/mol. The summed E-state index contributed by atoms with van der Waals surface area (Å²) in [6.07, 6.45) is 4.95. The first-order valence-electron chi connectivity index (χ1n) is 8.49. The predicted octanol–water partition coefficient (Wildman–Crippen LogP) is 3.18. The van der Waals surface area contributed by atoms with Gasteiger partial charge in [-0.3, -0.25) is 19.7 Å². The molecule has 7 nitrogen and oxygen atoms in total. The van der Waals surface area contributed by atoms with Crippen molar-refractivity contribution in [2.75, 3.05) is 31.1 Å². The van der Waals surface area contributed by atoms with Crippen LogP contribution in [0.4, 0.5) is 11.4 Å². The van der Waals surface area contributed by atoms with Crippen molar-refractivity contribution in [2.24, 2.45) is 0 Å². The fourth-order valence-electron chi connectivity index (χ4n) is 3.20. The summed E-state index contributed by atoms with van der Waals surface area (Å²) in [6.45, 7) is 7.17. The lowest BCUT2D eigenvalue weighted by atomic mass is 10.2. The molecule has 1 aliphatic heterocycles. The quantitative estimate of drug-likeness (QED) is 0.603. The second-order valence-corrected chi connectivity index (χ2v) is 6.65. The molecular weight excluding hydrogens is 342 g/mol. The summed E-state index contributed by atoms with van der Waals surface area (Å²) < 4.78 is 1.93. The number of hydrogen-bond donors (Lipinski definition) is 0. The molecule has 1 aliphatic rings. The van der Waals surface area contributed by atoms with Gasteiger partial charge in [-0.25, -0.2) is 0 Å². The molecule has 0 aliphatic carbocycles. The molecule has 1 aromatic carbocycles. The van der Waals surface area contributed by atoms with Crippen LogP contribution in [0.25, 0.3) is 0 Å². The van der Waals surface area contributed by atoms with Crippen LogP contribution in [-0.2, 0) is 13.1 Å². The maximum absolute atomic E-state index is 11.3. The minimum absolute atomic E-state index is 0.0742. The lowest BCUT2D eigenvalue weighted by molar-refractivity contribution is -0.384. The molecule has 2 aromatic rings. The molecule has 0 radical (unpaired) electrons. The number of aryl methyl sites for hydroxylation is 1. The summed E-state index contributed by atoms with van der Waals surface area (Å²) in [7, 11) is 0. The summed E-state index contributed by atoms with van der Waals surface area (Å²) in [5.74, 6) is 0. The Morgan fingerprint density at radius 1 is 1.28 bits per heavy atom. The fourth-order valence-corrected chi connectivity index (χ4v) is 3.37. The van der Waals surface area contributed by atoms with E-state index in [-0.39, 0.29) is 10.6 Å². The Morgan fingerprint density at radius 3 is 2.84 bits per heavy atom. The molecule has 8 heteroatoms. The molecule has 0 bridgehead atoms. The molecule has 1 fully saturated rings. The first-order valence-corrected chi connectivity index (χ1v) is 8.87. The Balaban J connectivity index is 1.68. The smallest absolute Gasteiger partial charge is 0.294 e. The third-order valence-corrected chi connectivity index (χ3v) is 4.72. The zero-order chi connectivity index (χ0) is 17.8. The Hall–Kier alpha value is -2.12. The van der Waals surface area contributed by atoms with E-state index in [1.54, 1.807) is 12.1 Å². The summed E-state index contributed by atoms with van der Waals surface area (Å²) in [4.78, 5) is 15.4. The molecule has 134 valence electrons. The Labute approximate surface area is 151 Å². The maximum atomic E-state index is 11.3. The number of nitro benzene ring substituents is 1. The van der Waals surface area contributed by atoms with Gasteiger partial charge in [0.25, 0.3) is 5.69 Å². The van der Waals surface area contributed by atoms with Crippen LogP contribution in [-0.4, -0.2) is 45.8 Å². The van der Waals surface area contributed by atoms with Gasteiger partial charge in [0, 0.05) is 62.1 Å².